The van der Waals surface area contributed by atoms with Crippen molar-refractivity contribution < 1.29 is 9.15 Å². The predicted molar refractivity (Wildman–Crippen MR) is 76.1 cm³/mol. The molecule has 19 heavy (non-hydrogen) atoms. The number of nitrogens with two attached hydrogens (primary N) is 1. The van der Waals surface area contributed by atoms with Crippen LogP contribution in [0.25, 0.3) is 0 Å². The van der Waals surface area contributed by atoms with Gasteiger partial charge < -0.3 is 14.9 Å². The van der Waals surface area contributed by atoms with E-state index in [9.17, 15) is 0 Å². The van der Waals surface area contributed by atoms with Gasteiger partial charge in [-0.2, -0.15) is 0 Å². The van der Waals surface area contributed by atoms with Crippen molar-refractivity contribution in [1.29, 1.82) is 0 Å². The van der Waals surface area contributed by atoms with Crippen molar-refractivity contribution in [1.82, 2.24) is 4.90 Å². The van der Waals surface area contributed by atoms with E-state index in [1.807, 2.05) is 0 Å². The third kappa shape index (κ3) is 3.19. The quantitative estimate of drug-likeness (QED) is 0.823. The molecule has 1 aliphatic rings. The molecule has 1 heterocycles. The van der Waals surface area contributed by atoms with Crippen LogP contribution >= 0.6 is 0 Å². The molecule has 4 heteroatoms. The van der Waals surface area contributed by atoms with Gasteiger partial charge >= 0.3 is 0 Å². The molecular weight excluding hydrogens is 240 g/mol. The number of ether oxygens (including phenoxy) is 1. The van der Waals surface area contributed by atoms with Crippen molar-refractivity contribution in [3.8, 4) is 0 Å². The number of nitrogens with zero attached hydrogens (tertiary/aromatic N) is 1. The second-order valence-corrected chi connectivity index (χ2v) is 5.78. The lowest BCUT2D eigenvalue weighted by atomic mass is 10.1. The fraction of sp³-hybridized carbons (Fsp3) is 0.733. The SMILES string of the molecule is COCC(C)N(C)C(CN)c1ccc(C2CC2C)o1. The van der Waals surface area contributed by atoms with Gasteiger partial charge in [-0.25, -0.2) is 0 Å². The lowest BCUT2D eigenvalue weighted by molar-refractivity contribution is 0.0837. The highest BCUT2D eigenvalue weighted by Crippen LogP contribution is 2.47. The highest BCUT2D eigenvalue weighted by atomic mass is 16.5. The Morgan fingerprint density at radius 2 is 2.21 bits per heavy atom. The normalized spacial score (nSPS) is 25.6. The fourth-order valence-electron chi connectivity index (χ4n) is 2.61. The minimum absolute atomic E-state index is 0.118. The lowest BCUT2D eigenvalue weighted by Crippen LogP contribution is -2.39. The van der Waals surface area contributed by atoms with Crippen LogP contribution in [-0.4, -0.2) is 38.3 Å². The summed E-state index contributed by atoms with van der Waals surface area (Å²) in [6.07, 6.45) is 1.25. The third-order valence-electron chi connectivity index (χ3n) is 4.27. The molecule has 2 N–H and O–H groups in total. The van der Waals surface area contributed by atoms with Crippen LogP contribution in [0.4, 0.5) is 0 Å². The molecule has 1 aromatic heterocycles. The van der Waals surface area contributed by atoms with Crippen LogP contribution in [0.2, 0.25) is 0 Å². The lowest BCUT2D eigenvalue weighted by Gasteiger charge is -2.30. The summed E-state index contributed by atoms with van der Waals surface area (Å²) in [5.41, 5.74) is 5.93. The molecule has 4 atom stereocenters. The van der Waals surface area contributed by atoms with Gasteiger partial charge in [0.2, 0.25) is 0 Å². The van der Waals surface area contributed by atoms with E-state index in [1.165, 1.54) is 6.42 Å². The molecule has 1 aliphatic carbocycles. The first kappa shape index (κ1) is 14.6. The van der Waals surface area contributed by atoms with E-state index < -0.39 is 0 Å². The van der Waals surface area contributed by atoms with Crippen molar-refractivity contribution >= 4 is 0 Å². The molecule has 2 rings (SSSR count). The Hall–Kier alpha value is -0.840. The van der Waals surface area contributed by atoms with Gasteiger partial charge in [-0.3, -0.25) is 4.90 Å². The molecule has 4 nitrogen and oxygen atoms in total. The van der Waals surface area contributed by atoms with Gasteiger partial charge in [0.05, 0.1) is 12.6 Å². The average Bonchev–Trinajstić information content (AvgIpc) is 2.92. The Morgan fingerprint density at radius 3 is 2.74 bits per heavy atom. The number of likely N-dealkylation sites (N-methyl/N-ethyl adjacent to an activating group) is 1. The van der Waals surface area contributed by atoms with Gasteiger partial charge in [-0.15, -0.1) is 0 Å². The van der Waals surface area contributed by atoms with Crippen LogP contribution in [0.5, 0.6) is 0 Å². The first-order valence-corrected chi connectivity index (χ1v) is 7.09. The Labute approximate surface area is 115 Å². The second-order valence-electron chi connectivity index (χ2n) is 5.78. The van der Waals surface area contributed by atoms with Gasteiger partial charge in [-0.1, -0.05) is 6.92 Å². The first-order chi connectivity index (χ1) is 9.08. The molecule has 1 saturated carbocycles. The molecule has 0 spiro atoms. The summed E-state index contributed by atoms with van der Waals surface area (Å²) in [6.45, 7) is 5.65. The minimum Gasteiger partial charge on any atom is -0.464 e. The molecule has 1 fully saturated rings. The van der Waals surface area contributed by atoms with E-state index in [2.05, 4.69) is 37.9 Å². The summed E-state index contributed by atoms with van der Waals surface area (Å²) in [5, 5.41) is 0. The molecule has 1 aromatic rings. The van der Waals surface area contributed by atoms with Gasteiger partial charge in [0, 0.05) is 25.6 Å². The van der Waals surface area contributed by atoms with E-state index in [0.29, 0.717) is 25.1 Å². The zero-order chi connectivity index (χ0) is 14.0. The smallest absolute Gasteiger partial charge is 0.122 e. The molecule has 0 saturated heterocycles. The van der Waals surface area contributed by atoms with Crippen molar-refractivity contribution in [3.05, 3.63) is 23.7 Å². The van der Waals surface area contributed by atoms with Crippen molar-refractivity contribution in [3.63, 3.8) is 0 Å². The molecule has 108 valence electrons. The van der Waals surface area contributed by atoms with Crippen LogP contribution < -0.4 is 5.73 Å². The van der Waals surface area contributed by atoms with E-state index in [-0.39, 0.29) is 6.04 Å². The first-order valence-electron chi connectivity index (χ1n) is 7.09. The molecule has 0 amide bonds. The molecule has 0 aliphatic heterocycles. The van der Waals surface area contributed by atoms with Gasteiger partial charge in [0.15, 0.2) is 0 Å². The molecule has 0 bridgehead atoms. The maximum Gasteiger partial charge on any atom is 0.122 e. The Morgan fingerprint density at radius 1 is 1.53 bits per heavy atom. The molecule has 0 radical (unpaired) electrons. The molecule has 4 unspecified atom stereocenters. The zero-order valence-corrected chi connectivity index (χ0v) is 12.4. The van der Waals surface area contributed by atoms with Gasteiger partial charge in [0.1, 0.15) is 11.5 Å². The minimum atomic E-state index is 0.118. The topological polar surface area (TPSA) is 51.6 Å². The highest BCUT2D eigenvalue weighted by molar-refractivity contribution is 5.19. The zero-order valence-electron chi connectivity index (χ0n) is 12.4. The summed E-state index contributed by atoms with van der Waals surface area (Å²) >= 11 is 0. The standard InChI is InChI=1S/C15H26N2O2/c1-10-7-12(10)14-5-6-15(19-14)13(8-16)17(3)11(2)9-18-4/h5-6,10-13H,7-9,16H2,1-4H3. The van der Waals surface area contributed by atoms with Crippen molar-refractivity contribution in [2.45, 2.75) is 38.3 Å². The van der Waals surface area contributed by atoms with E-state index >= 15 is 0 Å². The van der Waals surface area contributed by atoms with Crippen LogP contribution in [0.1, 0.15) is 43.7 Å². The Balaban J connectivity index is 2.06. The maximum absolute atomic E-state index is 6.02. The van der Waals surface area contributed by atoms with Crippen LogP contribution in [0, 0.1) is 5.92 Å². The Bertz CT molecular complexity index is 405. The maximum atomic E-state index is 6.02. The van der Waals surface area contributed by atoms with Crippen LogP contribution in [0.15, 0.2) is 16.5 Å². The molecular formula is C15H26N2O2. The fourth-order valence-corrected chi connectivity index (χ4v) is 2.61. The monoisotopic (exact) mass is 266 g/mol. The average molecular weight is 266 g/mol. The summed E-state index contributed by atoms with van der Waals surface area (Å²) < 4.78 is 11.2. The van der Waals surface area contributed by atoms with Gasteiger partial charge in [0.25, 0.3) is 0 Å². The second kappa shape index (κ2) is 6.07. The Kier molecular flexibility index (Phi) is 4.66. The number of hydrogen-bond acceptors (Lipinski definition) is 4. The van der Waals surface area contributed by atoms with Crippen molar-refractivity contribution in [2.24, 2.45) is 11.7 Å². The number of rotatable bonds is 7. The van der Waals surface area contributed by atoms with Crippen LogP contribution in [0.3, 0.4) is 0 Å². The largest absolute Gasteiger partial charge is 0.464 e. The summed E-state index contributed by atoms with van der Waals surface area (Å²) in [4.78, 5) is 2.22. The van der Waals surface area contributed by atoms with E-state index in [0.717, 1.165) is 17.4 Å². The van der Waals surface area contributed by atoms with Crippen LogP contribution in [-0.2, 0) is 4.74 Å². The number of hydrogen-bond donors (Lipinski definition) is 1. The number of methoxy groups -OCH3 is 1. The number of furan rings is 1. The van der Waals surface area contributed by atoms with E-state index in [1.54, 1.807) is 7.11 Å². The summed E-state index contributed by atoms with van der Waals surface area (Å²) in [6, 6.07) is 4.62. The molecule has 0 aromatic carbocycles. The summed E-state index contributed by atoms with van der Waals surface area (Å²) in [7, 11) is 3.80. The third-order valence-corrected chi connectivity index (χ3v) is 4.27. The van der Waals surface area contributed by atoms with Gasteiger partial charge in [-0.05, 0) is 38.4 Å². The highest BCUT2D eigenvalue weighted by Gasteiger charge is 2.37. The summed E-state index contributed by atoms with van der Waals surface area (Å²) in [5.74, 6) is 3.48. The predicted octanol–water partition coefficient (Wildman–Crippen LogP) is 2.37. The van der Waals surface area contributed by atoms with E-state index in [4.69, 9.17) is 14.9 Å². The van der Waals surface area contributed by atoms with Crippen molar-refractivity contribution in [2.75, 3.05) is 27.3 Å².